The van der Waals surface area contributed by atoms with Gasteiger partial charge in [0.1, 0.15) is 0 Å². The molecule has 0 aliphatic rings. The molecule has 2 N–H and O–H groups in total. The van der Waals surface area contributed by atoms with Gasteiger partial charge in [-0.05, 0) is 6.08 Å². The number of hydrogen-bond acceptors (Lipinski definition) is 4. The Morgan fingerprint density at radius 1 is 1.53 bits per heavy atom. The fourth-order valence-electron chi connectivity index (χ4n) is 1.07. The Bertz CT molecular complexity index is 337. The van der Waals surface area contributed by atoms with E-state index in [0.717, 1.165) is 10.9 Å². The van der Waals surface area contributed by atoms with Gasteiger partial charge >= 0.3 is 0 Å². The van der Waals surface area contributed by atoms with Crippen molar-refractivity contribution in [2.45, 2.75) is 19.5 Å². The molecule has 17 heavy (non-hydrogen) atoms. The number of carbonyl (C=O) groups is 1. The average Bonchev–Trinajstić information content (AvgIpc) is 2.08. The molecule has 0 saturated heterocycles. The van der Waals surface area contributed by atoms with Gasteiger partial charge in [0.05, 0.1) is 21.1 Å². The Morgan fingerprint density at radius 3 is 2.06 bits per heavy atom. The Labute approximate surface area is 102 Å². The van der Waals surface area contributed by atoms with Crippen LogP contribution in [0.15, 0.2) is 12.7 Å². The lowest BCUT2D eigenvalue weighted by molar-refractivity contribution is -0.898. The van der Waals surface area contributed by atoms with Gasteiger partial charge in [-0.15, -0.1) is 0 Å². The highest BCUT2D eigenvalue weighted by atomic mass is 32.3. The van der Waals surface area contributed by atoms with Crippen LogP contribution in [0.2, 0.25) is 0 Å². The van der Waals surface area contributed by atoms with Crippen LogP contribution in [-0.4, -0.2) is 55.2 Å². The van der Waals surface area contributed by atoms with Crippen LogP contribution in [0.5, 0.6) is 0 Å². The van der Waals surface area contributed by atoms with Crippen molar-refractivity contribution < 1.29 is 26.8 Å². The van der Waals surface area contributed by atoms with E-state index in [1.165, 1.54) is 6.08 Å². The molecule has 1 atom stereocenters. The molecule has 0 aliphatic carbocycles. The van der Waals surface area contributed by atoms with Gasteiger partial charge < -0.3 is 14.4 Å². The minimum atomic E-state index is -4.92. The number of rotatable bonds is 4. The topological polar surface area (TPSA) is 107 Å². The Hall–Kier alpha value is -0.960. The van der Waals surface area contributed by atoms with Crippen LogP contribution in [0.3, 0.4) is 0 Å². The monoisotopic (exact) mass is 268 g/mol. The SMILES string of the molecule is C=CC(=O)NC(CC)[N+](C)(C)C.O=S(=O)([O-])O. The summed E-state index contributed by atoms with van der Waals surface area (Å²) in [5, 5.41) is 2.87. The number of hydrogen-bond donors (Lipinski definition) is 2. The van der Waals surface area contributed by atoms with Gasteiger partial charge in [-0.2, -0.15) is 0 Å². The van der Waals surface area contributed by atoms with Crippen LogP contribution in [0.25, 0.3) is 0 Å². The molecule has 0 aliphatic heterocycles. The van der Waals surface area contributed by atoms with Gasteiger partial charge in [-0.1, -0.05) is 13.5 Å². The maximum Gasteiger partial charge on any atom is 0.247 e. The van der Waals surface area contributed by atoms with Crippen molar-refractivity contribution in [1.29, 1.82) is 0 Å². The van der Waals surface area contributed by atoms with E-state index in [1.54, 1.807) is 0 Å². The highest BCUT2D eigenvalue weighted by Crippen LogP contribution is 2.03. The maximum atomic E-state index is 11.0. The summed E-state index contributed by atoms with van der Waals surface area (Å²) >= 11 is 0. The Morgan fingerprint density at radius 2 is 1.88 bits per heavy atom. The molecule has 0 aromatic carbocycles. The van der Waals surface area contributed by atoms with E-state index >= 15 is 0 Å². The first-order valence-corrected chi connectivity index (χ1v) is 6.20. The van der Waals surface area contributed by atoms with E-state index in [-0.39, 0.29) is 12.1 Å². The molecule has 0 aromatic rings. The second kappa shape index (κ2) is 7.38. The molecule has 0 rings (SSSR count). The summed E-state index contributed by atoms with van der Waals surface area (Å²) in [6.45, 7) is 5.46. The highest BCUT2D eigenvalue weighted by molar-refractivity contribution is 7.79. The summed E-state index contributed by atoms with van der Waals surface area (Å²) in [4.78, 5) is 11.0. The molecule has 0 radical (unpaired) electrons. The van der Waals surface area contributed by atoms with Gasteiger partial charge in [0, 0.05) is 6.42 Å². The molecular formula is C9H20N2O5S. The lowest BCUT2D eigenvalue weighted by Crippen LogP contribution is -2.54. The second-order valence-corrected chi connectivity index (χ2v) is 5.04. The number of quaternary nitrogens is 1. The first-order valence-electron chi connectivity index (χ1n) is 4.84. The third-order valence-corrected chi connectivity index (χ3v) is 1.82. The fourth-order valence-corrected chi connectivity index (χ4v) is 1.07. The van der Waals surface area contributed by atoms with Crippen LogP contribution in [0, 0.1) is 0 Å². The van der Waals surface area contributed by atoms with Crippen molar-refractivity contribution in [2.75, 3.05) is 21.1 Å². The third kappa shape index (κ3) is 15.0. The minimum absolute atomic E-state index is 0.102. The first-order chi connectivity index (χ1) is 7.41. The van der Waals surface area contributed by atoms with Gasteiger partial charge in [0.2, 0.25) is 16.3 Å². The summed E-state index contributed by atoms with van der Waals surface area (Å²) in [5.41, 5.74) is 0. The quantitative estimate of drug-likeness (QED) is 0.240. The largest absolute Gasteiger partial charge is 0.726 e. The normalized spacial score (nSPS) is 13.1. The van der Waals surface area contributed by atoms with Crippen molar-refractivity contribution in [2.24, 2.45) is 0 Å². The van der Waals surface area contributed by atoms with Crippen molar-refractivity contribution >= 4 is 16.3 Å². The molecule has 0 bridgehead atoms. The second-order valence-electron chi connectivity index (χ2n) is 4.18. The molecule has 0 aromatic heterocycles. The maximum absolute atomic E-state index is 11.0. The van der Waals surface area contributed by atoms with Crippen LogP contribution < -0.4 is 5.32 Å². The molecule has 0 saturated carbocycles. The summed E-state index contributed by atoms with van der Waals surface area (Å²) in [6, 6.07) is 0. The molecule has 0 spiro atoms. The van der Waals surface area contributed by atoms with E-state index < -0.39 is 10.4 Å². The number of carbonyl (C=O) groups excluding carboxylic acids is 1. The lowest BCUT2D eigenvalue weighted by atomic mass is 10.3. The van der Waals surface area contributed by atoms with Crippen LogP contribution in [-0.2, 0) is 15.2 Å². The van der Waals surface area contributed by atoms with Gasteiger partial charge in [-0.25, -0.2) is 8.42 Å². The highest BCUT2D eigenvalue weighted by Gasteiger charge is 2.22. The molecule has 0 fully saturated rings. The van der Waals surface area contributed by atoms with E-state index in [1.807, 2.05) is 0 Å². The van der Waals surface area contributed by atoms with E-state index in [0.29, 0.717) is 0 Å². The smallest absolute Gasteiger partial charge is 0.247 e. The van der Waals surface area contributed by atoms with Crippen LogP contribution in [0.1, 0.15) is 13.3 Å². The van der Waals surface area contributed by atoms with E-state index in [9.17, 15) is 4.79 Å². The summed E-state index contributed by atoms with van der Waals surface area (Å²) in [7, 11) is 1.24. The Kier molecular flexibility index (Phi) is 7.99. The van der Waals surface area contributed by atoms with Gasteiger partial charge in [-0.3, -0.25) is 9.35 Å². The number of amides is 1. The first kappa shape index (κ1) is 18.4. The molecule has 8 heteroatoms. The lowest BCUT2D eigenvalue weighted by Gasteiger charge is -2.33. The van der Waals surface area contributed by atoms with E-state index in [4.69, 9.17) is 17.5 Å². The Balaban J connectivity index is 0. The predicted octanol–water partition coefficient (Wildman–Crippen LogP) is -0.264. The molecule has 1 unspecified atom stereocenters. The van der Waals surface area contributed by atoms with Crippen molar-refractivity contribution in [3.8, 4) is 0 Å². The standard InChI is InChI=1S/C9H18N2O.H2O4S/c1-6-8(11(3,4)5)10-9(12)7-2;1-5(2,3)4/h7-8H,2,6H2,1,3-5H3;(H2,1,2,3,4). The predicted molar refractivity (Wildman–Crippen MR) is 62.8 cm³/mol. The van der Waals surface area contributed by atoms with Crippen molar-refractivity contribution in [3.05, 3.63) is 12.7 Å². The van der Waals surface area contributed by atoms with Crippen molar-refractivity contribution in [3.63, 3.8) is 0 Å². The van der Waals surface area contributed by atoms with Crippen LogP contribution in [0.4, 0.5) is 0 Å². The fraction of sp³-hybridized carbons (Fsp3) is 0.667. The average molecular weight is 268 g/mol. The molecule has 1 amide bonds. The van der Waals surface area contributed by atoms with Gasteiger partial charge in [0.25, 0.3) is 0 Å². The molecular weight excluding hydrogens is 248 g/mol. The zero-order chi connectivity index (χ0) is 14.3. The number of nitrogens with one attached hydrogen (secondary N) is 1. The zero-order valence-corrected chi connectivity index (χ0v) is 11.3. The summed E-state index contributed by atoms with van der Waals surface area (Å²) in [5.74, 6) is -0.102. The van der Waals surface area contributed by atoms with Crippen molar-refractivity contribution in [1.82, 2.24) is 5.32 Å². The summed E-state index contributed by atoms with van der Waals surface area (Å²) in [6.07, 6.45) is 2.39. The molecule has 0 heterocycles. The molecule has 102 valence electrons. The number of nitrogens with zero attached hydrogens (tertiary/aromatic N) is 1. The minimum Gasteiger partial charge on any atom is -0.726 e. The van der Waals surface area contributed by atoms with Gasteiger partial charge in [0.15, 0.2) is 6.17 Å². The third-order valence-electron chi connectivity index (χ3n) is 1.82. The molecule has 7 nitrogen and oxygen atoms in total. The summed E-state index contributed by atoms with van der Waals surface area (Å²) < 4.78 is 33.6. The van der Waals surface area contributed by atoms with E-state index in [2.05, 4.69) is 40.0 Å². The zero-order valence-electron chi connectivity index (χ0n) is 10.5. The van der Waals surface area contributed by atoms with Crippen LogP contribution >= 0.6 is 0 Å².